The summed E-state index contributed by atoms with van der Waals surface area (Å²) in [6.45, 7) is 4.03. The maximum absolute atomic E-state index is 13.2. The van der Waals surface area contributed by atoms with Crippen molar-refractivity contribution in [2.75, 3.05) is 7.11 Å². The smallest absolute Gasteiger partial charge is 0.295 e. The number of ether oxygens (including phenoxy) is 2. The van der Waals surface area contributed by atoms with E-state index in [4.69, 9.17) is 9.47 Å². The number of benzene rings is 3. The fraction of sp³-hybridized carbons (Fsp3) is 0.214. The van der Waals surface area contributed by atoms with E-state index in [-0.39, 0.29) is 24.0 Å². The van der Waals surface area contributed by atoms with Gasteiger partial charge in [0.2, 0.25) is 0 Å². The van der Waals surface area contributed by atoms with Gasteiger partial charge in [-0.05, 0) is 49.2 Å². The number of ketones is 1. The molecule has 4 rings (SSSR count). The van der Waals surface area contributed by atoms with E-state index in [9.17, 15) is 14.7 Å². The summed E-state index contributed by atoms with van der Waals surface area (Å²) in [4.78, 5) is 27.9. The first-order valence-corrected chi connectivity index (χ1v) is 11.1. The van der Waals surface area contributed by atoms with Crippen molar-refractivity contribution < 1.29 is 24.2 Å². The van der Waals surface area contributed by atoms with Crippen molar-refractivity contribution in [2.45, 2.75) is 32.5 Å². The Morgan fingerprint density at radius 2 is 1.65 bits per heavy atom. The third kappa shape index (κ3) is 4.66. The van der Waals surface area contributed by atoms with E-state index in [1.165, 1.54) is 4.90 Å². The van der Waals surface area contributed by atoms with E-state index in [1.807, 2.05) is 68.4 Å². The normalized spacial score (nSPS) is 17.3. The minimum atomic E-state index is -0.776. The number of amides is 1. The highest BCUT2D eigenvalue weighted by Gasteiger charge is 2.46. The monoisotopic (exact) mass is 457 g/mol. The van der Waals surface area contributed by atoms with E-state index in [1.54, 1.807) is 31.4 Å². The average molecular weight is 458 g/mol. The summed E-state index contributed by atoms with van der Waals surface area (Å²) >= 11 is 0. The van der Waals surface area contributed by atoms with Gasteiger partial charge in [0.15, 0.2) is 0 Å². The number of aliphatic hydroxyl groups excluding tert-OH is 1. The summed E-state index contributed by atoms with van der Waals surface area (Å²) in [6.07, 6.45) is -0.0392. The molecule has 6 heteroatoms. The molecule has 174 valence electrons. The summed E-state index contributed by atoms with van der Waals surface area (Å²) < 4.78 is 11.2. The van der Waals surface area contributed by atoms with E-state index in [0.717, 1.165) is 5.56 Å². The number of carbonyl (C=O) groups is 2. The zero-order chi connectivity index (χ0) is 24.2. The molecule has 1 N–H and O–H groups in total. The van der Waals surface area contributed by atoms with Gasteiger partial charge in [-0.15, -0.1) is 0 Å². The van der Waals surface area contributed by atoms with Crippen molar-refractivity contribution in [1.29, 1.82) is 0 Å². The first-order valence-electron chi connectivity index (χ1n) is 11.1. The Morgan fingerprint density at radius 3 is 2.35 bits per heavy atom. The molecule has 1 unspecified atom stereocenters. The molecular weight excluding hydrogens is 430 g/mol. The third-order valence-corrected chi connectivity index (χ3v) is 5.62. The molecule has 0 spiro atoms. The maximum atomic E-state index is 13.2. The van der Waals surface area contributed by atoms with Crippen molar-refractivity contribution in [2.24, 2.45) is 0 Å². The quantitative estimate of drug-likeness (QED) is 0.303. The van der Waals surface area contributed by atoms with Crippen LogP contribution in [0.15, 0.2) is 84.4 Å². The van der Waals surface area contributed by atoms with Crippen LogP contribution in [0.2, 0.25) is 0 Å². The molecule has 1 atom stereocenters. The maximum Gasteiger partial charge on any atom is 0.295 e. The molecular formula is C28H27NO5. The zero-order valence-electron chi connectivity index (χ0n) is 19.4. The summed E-state index contributed by atoms with van der Waals surface area (Å²) in [5, 5.41) is 11.1. The molecule has 0 aliphatic carbocycles. The van der Waals surface area contributed by atoms with Gasteiger partial charge in [0.1, 0.15) is 17.3 Å². The highest BCUT2D eigenvalue weighted by molar-refractivity contribution is 6.46. The van der Waals surface area contributed by atoms with Crippen LogP contribution in [0.4, 0.5) is 0 Å². The largest absolute Gasteiger partial charge is 0.507 e. The third-order valence-electron chi connectivity index (χ3n) is 5.62. The SMILES string of the molecule is COc1cccc(CN2C(=O)C(=O)/C(=C(\O)c3ccccc3)C2c2cccc(OC(C)C)c2)c1. The predicted octanol–water partition coefficient (Wildman–Crippen LogP) is 5.10. The lowest BCUT2D eigenvalue weighted by Crippen LogP contribution is -2.29. The zero-order valence-corrected chi connectivity index (χ0v) is 19.4. The lowest BCUT2D eigenvalue weighted by Gasteiger charge is -2.26. The fourth-order valence-electron chi connectivity index (χ4n) is 4.14. The standard InChI is InChI=1S/C28H27NO5/c1-18(2)34-23-14-8-12-21(16-23)25-24(26(30)20-10-5-4-6-11-20)27(31)28(32)29(25)17-19-9-7-13-22(15-19)33-3/h4-16,18,25,30H,17H2,1-3H3/b26-24-. The molecule has 1 aliphatic rings. The van der Waals surface area contributed by atoms with Gasteiger partial charge in [0.25, 0.3) is 11.7 Å². The Kier molecular flexibility index (Phi) is 6.68. The van der Waals surface area contributed by atoms with Gasteiger partial charge in [-0.25, -0.2) is 0 Å². The fourth-order valence-corrected chi connectivity index (χ4v) is 4.14. The van der Waals surface area contributed by atoms with Crippen LogP contribution in [0.5, 0.6) is 11.5 Å². The molecule has 1 aliphatic heterocycles. The van der Waals surface area contributed by atoms with Gasteiger partial charge in [0.05, 0.1) is 24.8 Å². The number of likely N-dealkylation sites (tertiary alicyclic amines) is 1. The first-order chi connectivity index (χ1) is 16.4. The Morgan fingerprint density at radius 1 is 0.941 bits per heavy atom. The van der Waals surface area contributed by atoms with Crippen LogP contribution in [-0.2, 0) is 16.1 Å². The van der Waals surface area contributed by atoms with Gasteiger partial charge >= 0.3 is 0 Å². The molecule has 1 amide bonds. The molecule has 34 heavy (non-hydrogen) atoms. The molecule has 1 saturated heterocycles. The molecule has 0 aromatic heterocycles. The highest BCUT2D eigenvalue weighted by atomic mass is 16.5. The number of Topliss-reactive ketones (excluding diaryl/α,β-unsaturated/α-hetero) is 1. The van der Waals surface area contributed by atoms with Crippen LogP contribution >= 0.6 is 0 Å². The molecule has 0 saturated carbocycles. The second kappa shape index (κ2) is 9.83. The lowest BCUT2D eigenvalue weighted by molar-refractivity contribution is -0.140. The van der Waals surface area contributed by atoms with Crippen LogP contribution < -0.4 is 9.47 Å². The summed E-state index contributed by atoms with van der Waals surface area (Å²) in [6, 6.07) is 22.6. The van der Waals surface area contributed by atoms with E-state index < -0.39 is 17.7 Å². The number of methoxy groups -OCH3 is 1. The van der Waals surface area contributed by atoms with E-state index >= 15 is 0 Å². The summed E-state index contributed by atoms with van der Waals surface area (Å²) in [5.41, 5.74) is 2.01. The van der Waals surface area contributed by atoms with Gasteiger partial charge in [-0.2, -0.15) is 0 Å². The number of hydrogen-bond donors (Lipinski definition) is 1. The summed E-state index contributed by atoms with van der Waals surface area (Å²) in [5.74, 6) is -0.307. The number of nitrogens with zero attached hydrogens (tertiary/aromatic N) is 1. The number of rotatable bonds is 7. The molecule has 3 aromatic rings. The topological polar surface area (TPSA) is 76.1 Å². The Bertz CT molecular complexity index is 1230. The second-order valence-electron chi connectivity index (χ2n) is 8.38. The van der Waals surface area contributed by atoms with Crippen LogP contribution in [0.1, 0.15) is 36.6 Å². The van der Waals surface area contributed by atoms with E-state index in [2.05, 4.69) is 0 Å². The highest BCUT2D eigenvalue weighted by Crippen LogP contribution is 2.41. The molecule has 1 heterocycles. The number of hydrogen-bond acceptors (Lipinski definition) is 5. The van der Waals surface area contributed by atoms with Gasteiger partial charge in [0, 0.05) is 12.1 Å². The Balaban J connectivity index is 1.84. The van der Waals surface area contributed by atoms with Crippen LogP contribution in [0.25, 0.3) is 5.76 Å². The van der Waals surface area contributed by atoms with Crippen molar-refractivity contribution >= 4 is 17.4 Å². The first kappa shape index (κ1) is 23.1. The lowest BCUT2D eigenvalue weighted by atomic mass is 9.95. The minimum Gasteiger partial charge on any atom is -0.507 e. The van der Waals surface area contributed by atoms with Crippen molar-refractivity contribution in [3.63, 3.8) is 0 Å². The molecule has 0 radical (unpaired) electrons. The van der Waals surface area contributed by atoms with Gasteiger partial charge in [-0.1, -0.05) is 54.6 Å². The van der Waals surface area contributed by atoms with Crippen molar-refractivity contribution in [3.05, 3.63) is 101 Å². The van der Waals surface area contributed by atoms with Gasteiger partial charge < -0.3 is 19.5 Å². The molecule has 6 nitrogen and oxygen atoms in total. The average Bonchev–Trinajstić information content (AvgIpc) is 3.09. The van der Waals surface area contributed by atoms with Crippen molar-refractivity contribution in [3.8, 4) is 11.5 Å². The number of aliphatic hydroxyl groups is 1. The summed E-state index contributed by atoms with van der Waals surface area (Å²) in [7, 11) is 1.57. The van der Waals surface area contributed by atoms with Crippen LogP contribution in [0, 0.1) is 0 Å². The molecule has 3 aromatic carbocycles. The predicted molar refractivity (Wildman–Crippen MR) is 129 cm³/mol. The molecule has 1 fully saturated rings. The minimum absolute atomic E-state index is 0.0392. The number of carbonyl (C=O) groups excluding carboxylic acids is 2. The second-order valence-corrected chi connectivity index (χ2v) is 8.38. The van der Waals surface area contributed by atoms with Crippen LogP contribution in [-0.4, -0.2) is 34.9 Å². The Hall–Kier alpha value is -4.06. The Labute approximate surface area is 199 Å². The van der Waals surface area contributed by atoms with Crippen LogP contribution in [0.3, 0.4) is 0 Å². The van der Waals surface area contributed by atoms with Gasteiger partial charge in [-0.3, -0.25) is 9.59 Å². The molecule has 0 bridgehead atoms. The van der Waals surface area contributed by atoms with E-state index in [0.29, 0.717) is 22.6 Å². The van der Waals surface area contributed by atoms with Crippen molar-refractivity contribution in [1.82, 2.24) is 4.90 Å².